The van der Waals surface area contributed by atoms with Crippen molar-refractivity contribution >= 4 is 33.3 Å². The van der Waals surface area contributed by atoms with E-state index in [1.165, 1.54) is 0 Å². The number of rotatable bonds is 6. The molecule has 0 aliphatic heterocycles. The van der Waals surface area contributed by atoms with Gasteiger partial charge >= 0.3 is 0 Å². The summed E-state index contributed by atoms with van der Waals surface area (Å²) in [7, 11) is 0. The quantitative estimate of drug-likeness (QED) is 0.762. The van der Waals surface area contributed by atoms with E-state index in [-0.39, 0.29) is 18.3 Å². The maximum atomic E-state index is 11.9. The lowest BCUT2D eigenvalue weighted by Crippen LogP contribution is -2.20. The van der Waals surface area contributed by atoms with Crippen LogP contribution in [0.25, 0.3) is 0 Å². The Hall–Kier alpha value is -2.14. The number of carbonyl (C=O) groups excluding carboxylic acids is 2. The molecule has 2 aromatic rings. The molecular formula is C18H18BrNO3. The minimum Gasteiger partial charge on any atom is -0.484 e. The average molecular weight is 376 g/mol. The molecule has 0 spiro atoms. The molecule has 0 atom stereocenters. The molecule has 0 heterocycles. The van der Waals surface area contributed by atoms with Crippen LogP contribution in [0.1, 0.15) is 29.3 Å². The van der Waals surface area contributed by atoms with Gasteiger partial charge in [-0.1, -0.05) is 22.9 Å². The fraction of sp³-hybridized carbons (Fsp3) is 0.222. The van der Waals surface area contributed by atoms with E-state index in [0.717, 1.165) is 15.7 Å². The third-order valence-electron chi connectivity index (χ3n) is 3.33. The number of carbonyl (C=O) groups is 2. The van der Waals surface area contributed by atoms with E-state index in [1.54, 1.807) is 24.3 Å². The van der Waals surface area contributed by atoms with Crippen molar-refractivity contribution < 1.29 is 14.3 Å². The van der Waals surface area contributed by atoms with Crippen LogP contribution in [0.5, 0.6) is 5.75 Å². The lowest BCUT2D eigenvalue weighted by molar-refractivity contribution is -0.118. The molecule has 23 heavy (non-hydrogen) atoms. The topological polar surface area (TPSA) is 55.4 Å². The predicted octanol–water partition coefficient (Wildman–Crippen LogP) is 4.37. The molecular weight excluding hydrogens is 358 g/mol. The highest BCUT2D eigenvalue weighted by Crippen LogP contribution is 2.20. The predicted molar refractivity (Wildman–Crippen MR) is 94.1 cm³/mol. The Kier molecular flexibility index (Phi) is 5.93. The molecule has 2 aromatic carbocycles. The normalized spacial score (nSPS) is 10.2. The fourth-order valence-electron chi connectivity index (χ4n) is 2.04. The van der Waals surface area contributed by atoms with Crippen LogP contribution < -0.4 is 10.1 Å². The van der Waals surface area contributed by atoms with Gasteiger partial charge in [0, 0.05) is 22.1 Å². The first-order chi connectivity index (χ1) is 11.0. The zero-order valence-electron chi connectivity index (χ0n) is 13.1. The van der Waals surface area contributed by atoms with Crippen molar-refractivity contribution in [2.75, 3.05) is 11.9 Å². The Morgan fingerprint density at radius 1 is 1.13 bits per heavy atom. The number of benzene rings is 2. The number of ketones is 1. The summed E-state index contributed by atoms with van der Waals surface area (Å²) < 4.78 is 6.40. The highest BCUT2D eigenvalue weighted by Gasteiger charge is 2.07. The van der Waals surface area contributed by atoms with E-state index in [0.29, 0.717) is 17.7 Å². The maximum absolute atomic E-state index is 11.9. The van der Waals surface area contributed by atoms with Gasteiger partial charge in [0.25, 0.3) is 5.91 Å². The van der Waals surface area contributed by atoms with Gasteiger partial charge in [-0.3, -0.25) is 9.59 Å². The van der Waals surface area contributed by atoms with Crippen LogP contribution in [-0.2, 0) is 4.79 Å². The Morgan fingerprint density at radius 3 is 2.43 bits per heavy atom. The van der Waals surface area contributed by atoms with E-state index >= 15 is 0 Å². The first-order valence-corrected chi connectivity index (χ1v) is 8.11. The summed E-state index contributed by atoms with van der Waals surface area (Å²) in [6, 6.07) is 12.4. The van der Waals surface area contributed by atoms with Gasteiger partial charge in [0.15, 0.2) is 12.4 Å². The van der Waals surface area contributed by atoms with Gasteiger partial charge in [-0.05, 0) is 55.0 Å². The van der Waals surface area contributed by atoms with Crippen LogP contribution >= 0.6 is 15.9 Å². The van der Waals surface area contributed by atoms with E-state index in [9.17, 15) is 9.59 Å². The second-order valence-electron chi connectivity index (χ2n) is 5.10. The van der Waals surface area contributed by atoms with E-state index < -0.39 is 0 Å². The molecule has 0 aromatic heterocycles. The lowest BCUT2D eigenvalue weighted by Gasteiger charge is -2.10. The molecule has 4 nitrogen and oxygen atoms in total. The molecule has 0 aliphatic rings. The number of amides is 1. The van der Waals surface area contributed by atoms with Crippen LogP contribution in [0.4, 0.5) is 5.69 Å². The van der Waals surface area contributed by atoms with Gasteiger partial charge in [-0.15, -0.1) is 0 Å². The molecule has 1 amide bonds. The Balaban J connectivity index is 1.90. The fourth-order valence-corrected chi connectivity index (χ4v) is 2.52. The van der Waals surface area contributed by atoms with Gasteiger partial charge in [-0.2, -0.15) is 0 Å². The zero-order chi connectivity index (χ0) is 16.8. The third kappa shape index (κ3) is 4.93. The lowest BCUT2D eigenvalue weighted by atomic mass is 10.1. The van der Waals surface area contributed by atoms with Gasteiger partial charge in [0.2, 0.25) is 0 Å². The molecule has 0 fully saturated rings. The molecule has 0 saturated heterocycles. The molecule has 0 aliphatic carbocycles. The maximum Gasteiger partial charge on any atom is 0.262 e. The molecule has 1 N–H and O–H groups in total. The zero-order valence-corrected chi connectivity index (χ0v) is 14.6. The van der Waals surface area contributed by atoms with Crippen molar-refractivity contribution in [1.82, 2.24) is 0 Å². The van der Waals surface area contributed by atoms with Gasteiger partial charge in [0.05, 0.1) is 0 Å². The number of aryl methyl sites for hydroxylation is 1. The summed E-state index contributed by atoms with van der Waals surface area (Å²) in [6.45, 7) is 3.66. The Labute approximate surface area is 144 Å². The van der Waals surface area contributed by atoms with Crippen molar-refractivity contribution in [1.29, 1.82) is 0 Å². The van der Waals surface area contributed by atoms with Gasteiger partial charge in [-0.25, -0.2) is 0 Å². The standard InChI is InChI=1S/C18H18BrNO3/c1-3-17(21)13-4-7-15(8-5-13)23-11-18(22)20-16-9-6-14(19)10-12(16)2/h4-10H,3,11H2,1-2H3,(H,20,22). The van der Waals surface area contributed by atoms with Crippen molar-refractivity contribution in [3.63, 3.8) is 0 Å². The molecule has 0 radical (unpaired) electrons. The molecule has 2 rings (SSSR count). The van der Waals surface area contributed by atoms with Crippen LogP contribution in [0.2, 0.25) is 0 Å². The number of halogens is 1. The molecule has 5 heteroatoms. The largest absolute Gasteiger partial charge is 0.484 e. The number of hydrogen-bond donors (Lipinski definition) is 1. The second-order valence-corrected chi connectivity index (χ2v) is 6.01. The minimum absolute atomic E-state index is 0.0833. The first kappa shape index (κ1) is 17.2. The smallest absolute Gasteiger partial charge is 0.262 e. The summed E-state index contributed by atoms with van der Waals surface area (Å²) >= 11 is 3.38. The minimum atomic E-state index is -0.232. The van der Waals surface area contributed by atoms with Crippen molar-refractivity contribution in [2.24, 2.45) is 0 Å². The second kappa shape index (κ2) is 7.92. The number of nitrogens with one attached hydrogen (secondary N) is 1. The summed E-state index contributed by atoms with van der Waals surface area (Å²) in [5.41, 5.74) is 2.37. The van der Waals surface area contributed by atoms with Crippen LogP contribution in [0.3, 0.4) is 0 Å². The number of Topliss-reactive ketones (excluding diaryl/α,β-unsaturated/α-hetero) is 1. The Bertz CT molecular complexity index is 711. The molecule has 0 unspecified atom stereocenters. The Morgan fingerprint density at radius 2 is 1.83 bits per heavy atom. The molecule has 0 saturated carbocycles. The van der Waals surface area contributed by atoms with Crippen molar-refractivity contribution in [3.05, 3.63) is 58.1 Å². The van der Waals surface area contributed by atoms with Gasteiger partial charge in [0.1, 0.15) is 5.75 Å². The number of hydrogen-bond acceptors (Lipinski definition) is 3. The van der Waals surface area contributed by atoms with E-state index in [1.807, 2.05) is 32.0 Å². The number of anilines is 1. The van der Waals surface area contributed by atoms with Crippen LogP contribution in [-0.4, -0.2) is 18.3 Å². The SMILES string of the molecule is CCC(=O)c1ccc(OCC(=O)Nc2ccc(Br)cc2C)cc1. The van der Waals surface area contributed by atoms with Crippen molar-refractivity contribution in [3.8, 4) is 5.75 Å². The van der Waals surface area contributed by atoms with E-state index in [4.69, 9.17) is 4.74 Å². The average Bonchev–Trinajstić information content (AvgIpc) is 2.55. The van der Waals surface area contributed by atoms with E-state index in [2.05, 4.69) is 21.2 Å². The third-order valence-corrected chi connectivity index (χ3v) is 3.82. The summed E-state index contributed by atoms with van der Waals surface area (Å²) in [5, 5.41) is 2.81. The summed E-state index contributed by atoms with van der Waals surface area (Å²) in [6.07, 6.45) is 0.467. The monoisotopic (exact) mass is 375 g/mol. The van der Waals surface area contributed by atoms with Crippen molar-refractivity contribution in [2.45, 2.75) is 20.3 Å². The molecule has 0 bridgehead atoms. The number of ether oxygens (including phenoxy) is 1. The first-order valence-electron chi connectivity index (χ1n) is 7.31. The van der Waals surface area contributed by atoms with Crippen LogP contribution in [0, 0.1) is 6.92 Å². The highest BCUT2D eigenvalue weighted by molar-refractivity contribution is 9.10. The molecule has 120 valence electrons. The van der Waals surface area contributed by atoms with Crippen LogP contribution in [0.15, 0.2) is 46.9 Å². The highest BCUT2D eigenvalue weighted by atomic mass is 79.9. The summed E-state index contributed by atoms with van der Waals surface area (Å²) in [5.74, 6) is 0.407. The van der Waals surface area contributed by atoms with Gasteiger partial charge < -0.3 is 10.1 Å². The summed E-state index contributed by atoms with van der Waals surface area (Å²) in [4.78, 5) is 23.5.